The molecule has 1 aliphatic carbocycles. The van der Waals surface area contributed by atoms with Gasteiger partial charge >= 0.3 is 5.97 Å². The van der Waals surface area contributed by atoms with Crippen molar-refractivity contribution in [3.05, 3.63) is 102 Å². The number of thioether (sulfide) groups is 1. The van der Waals surface area contributed by atoms with Gasteiger partial charge in [-0.1, -0.05) is 92.1 Å². The summed E-state index contributed by atoms with van der Waals surface area (Å²) in [6, 6.07) is 29.3. The van der Waals surface area contributed by atoms with Crippen LogP contribution in [0.1, 0.15) is 55.2 Å². The molecule has 32 heavy (non-hydrogen) atoms. The normalized spacial score (nSPS) is 15.8. The van der Waals surface area contributed by atoms with Crippen molar-refractivity contribution in [3.8, 4) is 5.75 Å². The highest BCUT2D eigenvalue weighted by Crippen LogP contribution is 2.58. The molecule has 0 radical (unpaired) electrons. The Morgan fingerprint density at radius 3 is 1.81 bits per heavy atom. The molecule has 3 aromatic carbocycles. The molecule has 0 bridgehead atoms. The van der Waals surface area contributed by atoms with Crippen LogP contribution in [-0.2, 0) is 9.54 Å². The summed E-state index contributed by atoms with van der Waals surface area (Å²) < 4.78 is 4.58. The van der Waals surface area contributed by atoms with Gasteiger partial charge < -0.3 is 9.84 Å². The monoisotopic (exact) mass is 446 g/mol. The lowest BCUT2D eigenvalue weighted by Gasteiger charge is -2.45. The fourth-order valence-electron chi connectivity index (χ4n) is 4.96. The fraction of sp³-hybridized carbons (Fsp3) is 0.321. The van der Waals surface area contributed by atoms with Crippen LogP contribution in [0.5, 0.6) is 5.75 Å². The maximum absolute atomic E-state index is 12.0. The van der Waals surface area contributed by atoms with Crippen molar-refractivity contribution in [2.75, 3.05) is 7.11 Å². The van der Waals surface area contributed by atoms with Crippen LogP contribution in [0.3, 0.4) is 0 Å². The fourth-order valence-corrected chi connectivity index (χ4v) is 7.06. The average molecular weight is 447 g/mol. The molecule has 0 amide bonds. The smallest absolute Gasteiger partial charge is 0.304 e. The minimum atomic E-state index is -0.718. The third kappa shape index (κ3) is 4.56. The molecule has 3 nitrogen and oxygen atoms in total. The van der Waals surface area contributed by atoms with Crippen LogP contribution < -0.4 is 4.74 Å². The SMILES string of the molecule is COc1ccc(C(SC2(CC(=O)O)CCCCC2)(c2ccccc2)c2ccccc2)cc1. The van der Waals surface area contributed by atoms with Gasteiger partial charge in [-0.2, -0.15) is 0 Å². The highest BCUT2D eigenvalue weighted by atomic mass is 32.2. The number of ether oxygens (including phenoxy) is 1. The third-order valence-corrected chi connectivity index (χ3v) is 8.46. The number of hydrogen-bond acceptors (Lipinski definition) is 3. The van der Waals surface area contributed by atoms with Crippen molar-refractivity contribution in [2.45, 2.75) is 48.0 Å². The minimum absolute atomic E-state index is 0.176. The highest BCUT2D eigenvalue weighted by molar-refractivity contribution is 8.02. The Morgan fingerprint density at radius 2 is 1.34 bits per heavy atom. The maximum Gasteiger partial charge on any atom is 0.304 e. The van der Waals surface area contributed by atoms with Crippen LogP contribution in [0.2, 0.25) is 0 Å². The second-order valence-electron chi connectivity index (χ2n) is 8.56. The van der Waals surface area contributed by atoms with Crippen molar-refractivity contribution < 1.29 is 14.6 Å². The van der Waals surface area contributed by atoms with Gasteiger partial charge in [-0.25, -0.2) is 0 Å². The molecule has 4 rings (SSSR count). The van der Waals surface area contributed by atoms with Gasteiger partial charge in [-0.05, 0) is 41.7 Å². The number of carboxylic acids is 1. The lowest BCUT2D eigenvalue weighted by atomic mass is 9.83. The van der Waals surface area contributed by atoms with E-state index < -0.39 is 10.7 Å². The number of aliphatic carboxylic acids is 1. The summed E-state index contributed by atoms with van der Waals surface area (Å²) in [4.78, 5) is 12.0. The lowest BCUT2D eigenvalue weighted by Crippen LogP contribution is -2.38. The zero-order valence-corrected chi connectivity index (χ0v) is 19.3. The van der Waals surface area contributed by atoms with E-state index in [9.17, 15) is 9.90 Å². The molecule has 0 spiro atoms. The van der Waals surface area contributed by atoms with Crippen LogP contribution in [-0.4, -0.2) is 22.9 Å². The van der Waals surface area contributed by atoms with E-state index in [-0.39, 0.29) is 11.2 Å². The minimum Gasteiger partial charge on any atom is -0.497 e. The second-order valence-corrected chi connectivity index (χ2v) is 10.2. The number of carboxylic acid groups (broad SMARTS) is 1. The van der Waals surface area contributed by atoms with E-state index in [2.05, 4.69) is 60.7 Å². The van der Waals surface area contributed by atoms with Crippen molar-refractivity contribution in [3.63, 3.8) is 0 Å². The number of rotatable bonds is 8. The van der Waals surface area contributed by atoms with Crippen LogP contribution in [0.25, 0.3) is 0 Å². The zero-order chi connectivity index (χ0) is 22.4. The summed E-state index contributed by atoms with van der Waals surface area (Å²) in [5, 5.41) is 9.88. The van der Waals surface area contributed by atoms with Gasteiger partial charge in [-0.3, -0.25) is 4.79 Å². The van der Waals surface area contributed by atoms with E-state index in [0.717, 1.165) is 48.1 Å². The predicted molar refractivity (Wildman–Crippen MR) is 131 cm³/mol. The first-order chi connectivity index (χ1) is 15.6. The third-order valence-electron chi connectivity index (χ3n) is 6.46. The number of carbonyl (C=O) groups is 1. The topological polar surface area (TPSA) is 46.5 Å². The van der Waals surface area contributed by atoms with E-state index in [1.54, 1.807) is 7.11 Å². The number of benzene rings is 3. The molecular weight excluding hydrogens is 416 g/mol. The largest absolute Gasteiger partial charge is 0.497 e. The van der Waals surface area contributed by atoms with Crippen molar-refractivity contribution in [1.29, 1.82) is 0 Å². The van der Waals surface area contributed by atoms with E-state index in [1.165, 1.54) is 6.42 Å². The first kappa shape index (κ1) is 22.5. The van der Waals surface area contributed by atoms with Gasteiger partial charge in [0.2, 0.25) is 0 Å². The van der Waals surface area contributed by atoms with Gasteiger partial charge in [0.1, 0.15) is 5.75 Å². The summed E-state index contributed by atoms with van der Waals surface area (Å²) in [5.74, 6) is 0.0934. The first-order valence-electron chi connectivity index (χ1n) is 11.3. The molecule has 1 aliphatic rings. The molecule has 3 aromatic rings. The summed E-state index contributed by atoms with van der Waals surface area (Å²) >= 11 is 1.84. The Labute approximate surface area is 194 Å². The summed E-state index contributed by atoms with van der Waals surface area (Å²) in [6.07, 6.45) is 5.33. The zero-order valence-electron chi connectivity index (χ0n) is 18.5. The van der Waals surface area contributed by atoms with Crippen molar-refractivity contribution in [1.82, 2.24) is 0 Å². The Morgan fingerprint density at radius 1 is 0.844 bits per heavy atom. The Kier molecular flexibility index (Phi) is 6.90. The van der Waals surface area contributed by atoms with Crippen LogP contribution in [0.4, 0.5) is 0 Å². The lowest BCUT2D eigenvalue weighted by molar-refractivity contribution is -0.137. The number of hydrogen-bond donors (Lipinski definition) is 1. The Hall–Kier alpha value is -2.72. The molecule has 4 heteroatoms. The van der Waals surface area contributed by atoms with E-state index in [0.29, 0.717) is 0 Å². The van der Waals surface area contributed by atoms with Crippen LogP contribution in [0, 0.1) is 0 Å². The van der Waals surface area contributed by atoms with E-state index >= 15 is 0 Å². The number of methoxy groups -OCH3 is 1. The summed E-state index contributed by atoms with van der Waals surface area (Å²) in [6.45, 7) is 0. The molecular formula is C28H30O3S. The molecule has 0 aliphatic heterocycles. The quantitative estimate of drug-likeness (QED) is 0.382. The first-order valence-corrected chi connectivity index (χ1v) is 12.1. The molecule has 0 heterocycles. The van der Waals surface area contributed by atoms with E-state index in [1.807, 2.05) is 36.0 Å². The molecule has 0 aromatic heterocycles. The molecule has 1 N–H and O–H groups in total. The van der Waals surface area contributed by atoms with Gasteiger partial charge in [0.05, 0.1) is 18.3 Å². The van der Waals surface area contributed by atoms with E-state index in [4.69, 9.17) is 4.74 Å². The molecule has 1 fully saturated rings. The van der Waals surface area contributed by atoms with Gasteiger partial charge in [-0.15, -0.1) is 11.8 Å². The second kappa shape index (κ2) is 9.83. The highest BCUT2D eigenvalue weighted by Gasteiger charge is 2.47. The molecule has 166 valence electrons. The summed E-state index contributed by atoms with van der Waals surface area (Å²) in [5.41, 5.74) is 3.46. The van der Waals surface area contributed by atoms with Crippen LogP contribution in [0.15, 0.2) is 84.9 Å². The Bertz CT molecular complexity index is 970. The maximum atomic E-state index is 12.0. The summed E-state index contributed by atoms with van der Waals surface area (Å²) in [7, 11) is 1.68. The van der Waals surface area contributed by atoms with Gasteiger partial charge in [0.15, 0.2) is 0 Å². The Balaban J connectivity index is 1.96. The van der Waals surface area contributed by atoms with Gasteiger partial charge in [0.25, 0.3) is 0 Å². The van der Waals surface area contributed by atoms with Crippen LogP contribution >= 0.6 is 11.8 Å². The molecule has 0 atom stereocenters. The van der Waals surface area contributed by atoms with Crippen molar-refractivity contribution in [2.24, 2.45) is 0 Å². The average Bonchev–Trinajstić information content (AvgIpc) is 2.84. The molecule has 0 unspecified atom stereocenters. The molecule has 1 saturated carbocycles. The standard InChI is InChI=1S/C28H30O3S/c1-31-25-17-15-24(16-18-25)28(22-11-5-2-6-12-22,23-13-7-3-8-14-23)32-27(21-26(29)30)19-9-4-10-20-27/h2-3,5-8,11-18H,4,9-10,19-21H2,1H3,(H,29,30). The van der Waals surface area contributed by atoms with Crippen molar-refractivity contribution >= 4 is 17.7 Å². The molecule has 0 saturated heterocycles. The van der Waals surface area contributed by atoms with Gasteiger partial charge in [0, 0.05) is 4.75 Å². The predicted octanol–water partition coefficient (Wildman–Crippen LogP) is 6.90.